The minimum Gasteiger partial charge on any atom is -0.505 e. The van der Waals surface area contributed by atoms with Gasteiger partial charge in [0.1, 0.15) is 6.10 Å². The highest BCUT2D eigenvalue weighted by Crippen LogP contribution is 2.37. The summed E-state index contributed by atoms with van der Waals surface area (Å²) < 4.78 is 15.9. The van der Waals surface area contributed by atoms with Gasteiger partial charge in [-0.15, -0.1) is 0 Å². The molecule has 0 aromatic carbocycles. The number of carbonyl (C=O) groups excluding carboxylic acids is 1. The predicted molar refractivity (Wildman–Crippen MR) is 60.4 cm³/mol. The molecule has 8 nitrogen and oxygen atoms in total. The average Bonchev–Trinajstić information content (AvgIpc) is 2.87. The maximum Gasteiger partial charge on any atom is 0.377 e. The number of aliphatic hydroxyl groups is 2. The van der Waals surface area contributed by atoms with Crippen molar-refractivity contribution < 1.29 is 34.4 Å². The quantitative estimate of drug-likeness (QED) is 0.424. The molecule has 19 heavy (non-hydrogen) atoms. The lowest BCUT2D eigenvalue weighted by Gasteiger charge is -2.38. The minimum absolute atomic E-state index is 0.0386. The maximum absolute atomic E-state index is 11.1. The van der Waals surface area contributed by atoms with Crippen LogP contribution in [-0.4, -0.2) is 51.5 Å². The van der Waals surface area contributed by atoms with Crippen LogP contribution in [0.5, 0.6) is 0 Å². The van der Waals surface area contributed by atoms with E-state index in [0.29, 0.717) is 0 Å². The second-order valence-corrected chi connectivity index (χ2v) is 5.21. The Hall–Kier alpha value is -1.35. The van der Waals surface area contributed by atoms with Crippen LogP contribution in [0.4, 0.5) is 0 Å². The van der Waals surface area contributed by atoms with Gasteiger partial charge < -0.3 is 29.6 Å². The molecule has 1 fully saturated rings. The molecule has 0 bridgehead atoms. The second-order valence-electron chi connectivity index (χ2n) is 5.21. The SMILES string of the molecule is CC(C)(NO)C1(C)OCC(C2OC(=O)C(O)=C2O)O1. The smallest absolute Gasteiger partial charge is 0.377 e. The second kappa shape index (κ2) is 4.34. The molecular weight excluding hydrogens is 258 g/mol. The molecule has 0 aromatic rings. The fraction of sp³-hybridized carbons (Fsp3) is 0.727. The fourth-order valence-electron chi connectivity index (χ4n) is 1.89. The van der Waals surface area contributed by atoms with Crippen LogP contribution in [0.2, 0.25) is 0 Å². The minimum atomic E-state index is -1.18. The van der Waals surface area contributed by atoms with Crippen molar-refractivity contribution in [3.8, 4) is 0 Å². The summed E-state index contributed by atoms with van der Waals surface area (Å²) in [6, 6.07) is 0. The summed E-state index contributed by atoms with van der Waals surface area (Å²) >= 11 is 0. The summed E-state index contributed by atoms with van der Waals surface area (Å²) in [5.41, 5.74) is 1.16. The lowest BCUT2D eigenvalue weighted by molar-refractivity contribution is -0.227. The lowest BCUT2D eigenvalue weighted by Crippen LogP contribution is -2.57. The van der Waals surface area contributed by atoms with Crippen LogP contribution in [0, 0.1) is 0 Å². The summed E-state index contributed by atoms with van der Waals surface area (Å²) in [5.74, 6) is -3.57. The monoisotopic (exact) mass is 275 g/mol. The molecule has 0 amide bonds. The molecule has 0 aromatic heterocycles. The van der Waals surface area contributed by atoms with Gasteiger partial charge in [0.2, 0.25) is 5.76 Å². The number of aliphatic hydroxyl groups excluding tert-OH is 2. The van der Waals surface area contributed by atoms with E-state index in [1.165, 1.54) is 0 Å². The first-order chi connectivity index (χ1) is 8.72. The Kier molecular flexibility index (Phi) is 3.21. The third-order valence-corrected chi connectivity index (χ3v) is 3.59. The summed E-state index contributed by atoms with van der Waals surface area (Å²) in [7, 11) is 0. The summed E-state index contributed by atoms with van der Waals surface area (Å²) in [4.78, 5) is 11.1. The predicted octanol–water partition coefficient (Wildman–Crippen LogP) is 0.128. The van der Waals surface area contributed by atoms with Gasteiger partial charge in [-0.1, -0.05) is 0 Å². The van der Waals surface area contributed by atoms with E-state index in [2.05, 4.69) is 5.48 Å². The standard InChI is InChI=1S/C11H17NO7/c1-10(2,12-16)11(3)17-4-5(19-11)8-6(13)7(14)9(15)18-8/h5,8,12-14,16H,4H2,1-3H3. The molecule has 108 valence electrons. The van der Waals surface area contributed by atoms with E-state index in [9.17, 15) is 15.0 Å². The first kappa shape index (κ1) is 14.1. The molecule has 0 spiro atoms. The molecule has 2 heterocycles. The van der Waals surface area contributed by atoms with Crippen LogP contribution in [-0.2, 0) is 19.0 Å². The van der Waals surface area contributed by atoms with Gasteiger partial charge in [-0.3, -0.25) is 0 Å². The number of hydrogen-bond acceptors (Lipinski definition) is 8. The van der Waals surface area contributed by atoms with E-state index in [0.717, 1.165) is 0 Å². The zero-order valence-corrected chi connectivity index (χ0v) is 10.8. The first-order valence-electron chi connectivity index (χ1n) is 5.78. The van der Waals surface area contributed by atoms with Gasteiger partial charge >= 0.3 is 5.97 Å². The summed E-state index contributed by atoms with van der Waals surface area (Å²) in [6.07, 6.45) is -1.88. The number of hydrogen-bond donors (Lipinski definition) is 4. The van der Waals surface area contributed by atoms with Crippen LogP contribution in [0.15, 0.2) is 11.5 Å². The Balaban J connectivity index is 2.14. The van der Waals surface area contributed by atoms with Crippen molar-refractivity contribution in [1.82, 2.24) is 5.48 Å². The molecular formula is C11H17NO7. The molecule has 3 unspecified atom stereocenters. The molecule has 0 saturated carbocycles. The Morgan fingerprint density at radius 1 is 1.42 bits per heavy atom. The Morgan fingerprint density at radius 2 is 2.05 bits per heavy atom. The van der Waals surface area contributed by atoms with E-state index in [4.69, 9.17) is 19.4 Å². The van der Waals surface area contributed by atoms with Crippen molar-refractivity contribution in [3.63, 3.8) is 0 Å². The van der Waals surface area contributed by atoms with Gasteiger partial charge in [-0.05, 0) is 20.8 Å². The van der Waals surface area contributed by atoms with Gasteiger partial charge in [0.15, 0.2) is 17.7 Å². The highest BCUT2D eigenvalue weighted by molar-refractivity contribution is 5.89. The van der Waals surface area contributed by atoms with Crippen LogP contribution in [0.3, 0.4) is 0 Å². The van der Waals surface area contributed by atoms with Crippen LogP contribution < -0.4 is 5.48 Å². The Bertz CT molecular complexity index is 433. The van der Waals surface area contributed by atoms with Crippen molar-refractivity contribution in [2.24, 2.45) is 0 Å². The van der Waals surface area contributed by atoms with Gasteiger partial charge in [-0.2, -0.15) is 5.48 Å². The molecule has 0 aliphatic carbocycles. The van der Waals surface area contributed by atoms with E-state index in [1.807, 2.05) is 0 Å². The van der Waals surface area contributed by atoms with E-state index in [-0.39, 0.29) is 6.61 Å². The Labute approximate surface area is 109 Å². The highest BCUT2D eigenvalue weighted by Gasteiger charge is 2.54. The van der Waals surface area contributed by atoms with Gasteiger partial charge in [0.05, 0.1) is 12.1 Å². The molecule has 8 heteroatoms. The van der Waals surface area contributed by atoms with Crippen LogP contribution in [0.25, 0.3) is 0 Å². The zero-order valence-electron chi connectivity index (χ0n) is 10.8. The van der Waals surface area contributed by atoms with Gasteiger partial charge in [0, 0.05) is 0 Å². The van der Waals surface area contributed by atoms with Crippen LogP contribution >= 0.6 is 0 Å². The van der Waals surface area contributed by atoms with Gasteiger partial charge in [-0.25, -0.2) is 4.79 Å². The third-order valence-electron chi connectivity index (χ3n) is 3.59. The van der Waals surface area contributed by atoms with E-state index >= 15 is 0 Å². The average molecular weight is 275 g/mol. The molecule has 2 aliphatic heterocycles. The normalized spacial score (nSPS) is 35.9. The molecule has 3 atom stereocenters. The van der Waals surface area contributed by atoms with Crippen molar-refractivity contribution in [2.45, 2.75) is 44.3 Å². The van der Waals surface area contributed by atoms with E-state index < -0.39 is 41.0 Å². The zero-order chi connectivity index (χ0) is 14.4. The highest BCUT2D eigenvalue weighted by atomic mass is 16.8. The van der Waals surface area contributed by atoms with Crippen molar-refractivity contribution in [2.75, 3.05) is 6.61 Å². The number of rotatable bonds is 3. The van der Waals surface area contributed by atoms with Gasteiger partial charge in [0.25, 0.3) is 0 Å². The first-order valence-corrected chi connectivity index (χ1v) is 5.78. The van der Waals surface area contributed by atoms with Crippen LogP contribution in [0.1, 0.15) is 20.8 Å². The van der Waals surface area contributed by atoms with Crippen molar-refractivity contribution in [1.29, 1.82) is 0 Å². The van der Waals surface area contributed by atoms with Crippen molar-refractivity contribution in [3.05, 3.63) is 11.5 Å². The number of carbonyl (C=O) groups is 1. The van der Waals surface area contributed by atoms with Crippen molar-refractivity contribution >= 4 is 5.97 Å². The topological polar surface area (TPSA) is 117 Å². The lowest BCUT2D eigenvalue weighted by atomic mass is 9.96. The molecule has 2 rings (SSSR count). The molecule has 2 aliphatic rings. The molecule has 0 radical (unpaired) electrons. The summed E-state index contributed by atoms with van der Waals surface area (Å²) in [5, 5.41) is 28.0. The number of esters is 1. The molecule has 1 saturated heterocycles. The molecule has 4 N–H and O–H groups in total. The number of ether oxygens (including phenoxy) is 3. The third kappa shape index (κ3) is 2.06. The number of hydroxylamine groups is 1. The maximum atomic E-state index is 11.1. The largest absolute Gasteiger partial charge is 0.505 e. The Morgan fingerprint density at radius 3 is 2.53 bits per heavy atom. The number of cyclic esters (lactones) is 1. The van der Waals surface area contributed by atoms with E-state index in [1.54, 1.807) is 20.8 Å². The fourth-order valence-corrected chi connectivity index (χ4v) is 1.89. The summed E-state index contributed by atoms with van der Waals surface area (Å²) in [6.45, 7) is 4.96. The number of nitrogens with one attached hydrogen (secondary N) is 1.